The van der Waals surface area contributed by atoms with Gasteiger partial charge in [0.25, 0.3) is 0 Å². The van der Waals surface area contributed by atoms with Crippen LogP contribution in [0.4, 0.5) is 5.69 Å². The minimum atomic E-state index is 0.0751. The van der Waals surface area contributed by atoms with Crippen LogP contribution in [0.2, 0.25) is 0 Å². The number of anilines is 1. The van der Waals surface area contributed by atoms with Crippen LogP contribution in [-0.4, -0.2) is 6.61 Å². The lowest BCUT2D eigenvalue weighted by Gasteiger charge is -2.18. The summed E-state index contributed by atoms with van der Waals surface area (Å²) >= 11 is 0. The zero-order valence-electron chi connectivity index (χ0n) is 12.7. The Morgan fingerprint density at radius 3 is 2.52 bits per heavy atom. The second-order valence-corrected chi connectivity index (χ2v) is 5.20. The van der Waals surface area contributed by atoms with Crippen LogP contribution in [0.3, 0.4) is 0 Å². The molecular weight excluding hydrogens is 260 g/mol. The summed E-state index contributed by atoms with van der Waals surface area (Å²) < 4.78 is 5.25. The van der Waals surface area contributed by atoms with E-state index in [1.54, 1.807) is 0 Å². The van der Waals surface area contributed by atoms with Gasteiger partial charge in [0, 0.05) is 11.7 Å². The molecule has 0 fully saturated rings. The molecule has 0 spiro atoms. The van der Waals surface area contributed by atoms with Gasteiger partial charge < -0.3 is 10.1 Å². The summed E-state index contributed by atoms with van der Waals surface area (Å²) in [7, 11) is 0. The molecule has 2 rings (SSSR count). The van der Waals surface area contributed by atoms with Crippen LogP contribution in [0.5, 0.6) is 5.75 Å². The molecule has 3 nitrogen and oxygen atoms in total. The van der Waals surface area contributed by atoms with E-state index in [2.05, 4.69) is 44.3 Å². The standard InChI is InChI=1S/C18H20N2O/c1-13-4-5-14(2)18(12-13)15(3)20-16-6-8-17(9-7-16)21-11-10-19/h4-9,12,15,20H,11H2,1-3H3. The van der Waals surface area contributed by atoms with E-state index in [0.717, 1.165) is 5.69 Å². The molecule has 1 unspecified atom stereocenters. The van der Waals surface area contributed by atoms with Gasteiger partial charge >= 0.3 is 0 Å². The Balaban J connectivity index is 2.07. The summed E-state index contributed by atoms with van der Waals surface area (Å²) in [4.78, 5) is 0. The number of rotatable bonds is 5. The van der Waals surface area contributed by atoms with Crippen molar-refractivity contribution in [3.63, 3.8) is 0 Å². The zero-order chi connectivity index (χ0) is 15.2. The molecule has 0 amide bonds. The first-order valence-corrected chi connectivity index (χ1v) is 7.03. The zero-order valence-corrected chi connectivity index (χ0v) is 12.7. The van der Waals surface area contributed by atoms with Crippen molar-refractivity contribution in [3.8, 4) is 11.8 Å². The first-order valence-electron chi connectivity index (χ1n) is 7.03. The van der Waals surface area contributed by atoms with Gasteiger partial charge in [-0.3, -0.25) is 0 Å². The van der Waals surface area contributed by atoms with Crippen LogP contribution >= 0.6 is 0 Å². The van der Waals surface area contributed by atoms with Gasteiger partial charge in [-0.1, -0.05) is 23.8 Å². The first kappa shape index (κ1) is 14.9. The average molecular weight is 280 g/mol. The second kappa shape index (κ2) is 6.81. The van der Waals surface area contributed by atoms with Gasteiger partial charge in [0.05, 0.1) is 0 Å². The molecule has 0 saturated heterocycles. The number of nitrogens with one attached hydrogen (secondary N) is 1. The van der Waals surface area contributed by atoms with E-state index in [9.17, 15) is 0 Å². The van der Waals surface area contributed by atoms with Crippen molar-refractivity contribution in [2.24, 2.45) is 0 Å². The first-order chi connectivity index (χ1) is 10.1. The van der Waals surface area contributed by atoms with Crippen molar-refractivity contribution in [3.05, 3.63) is 59.2 Å². The lowest BCUT2D eigenvalue weighted by Crippen LogP contribution is -2.08. The second-order valence-electron chi connectivity index (χ2n) is 5.20. The lowest BCUT2D eigenvalue weighted by atomic mass is 10.00. The number of nitrogens with zero attached hydrogens (tertiary/aromatic N) is 1. The molecule has 108 valence electrons. The Morgan fingerprint density at radius 2 is 1.86 bits per heavy atom. The number of nitriles is 1. The van der Waals surface area contributed by atoms with Gasteiger partial charge in [0.2, 0.25) is 0 Å². The molecule has 0 saturated carbocycles. The van der Waals surface area contributed by atoms with Gasteiger partial charge in [-0.2, -0.15) is 5.26 Å². The number of aryl methyl sites for hydroxylation is 2. The molecule has 0 aromatic heterocycles. The quantitative estimate of drug-likeness (QED) is 0.884. The third-order valence-corrected chi connectivity index (χ3v) is 3.44. The third-order valence-electron chi connectivity index (χ3n) is 3.44. The van der Waals surface area contributed by atoms with E-state index in [1.807, 2.05) is 30.3 Å². The SMILES string of the molecule is Cc1ccc(C)c(C(C)Nc2ccc(OCC#N)cc2)c1. The summed E-state index contributed by atoms with van der Waals surface area (Å²) in [6, 6.07) is 16.4. The van der Waals surface area contributed by atoms with E-state index >= 15 is 0 Å². The number of ether oxygens (including phenoxy) is 1. The van der Waals surface area contributed by atoms with Crippen molar-refractivity contribution in [1.82, 2.24) is 0 Å². The molecule has 0 aliphatic rings. The average Bonchev–Trinajstić information content (AvgIpc) is 2.49. The van der Waals surface area contributed by atoms with Crippen LogP contribution in [0, 0.1) is 25.2 Å². The van der Waals surface area contributed by atoms with Crippen molar-refractivity contribution in [1.29, 1.82) is 5.26 Å². The van der Waals surface area contributed by atoms with Crippen molar-refractivity contribution >= 4 is 5.69 Å². The minimum Gasteiger partial charge on any atom is -0.479 e. The monoisotopic (exact) mass is 280 g/mol. The fourth-order valence-corrected chi connectivity index (χ4v) is 2.32. The topological polar surface area (TPSA) is 45.0 Å². The normalized spacial score (nSPS) is 11.5. The molecule has 2 aromatic rings. The fraction of sp³-hybridized carbons (Fsp3) is 0.278. The molecule has 0 heterocycles. The van der Waals surface area contributed by atoms with Crippen molar-refractivity contribution in [2.45, 2.75) is 26.8 Å². The molecule has 0 bridgehead atoms. The maximum Gasteiger partial charge on any atom is 0.174 e. The summed E-state index contributed by atoms with van der Waals surface area (Å²) in [6.07, 6.45) is 0. The molecule has 0 aliphatic heterocycles. The predicted octanol–water partition coefficient (Wildman–Crippen LogP) is 4.38. The van der Waals surface area contributed by atoms with E-state index in [4.69, 9.17) is 10.00 Å². The van der Waals surface area contributed by atoms with Gasteiger partial charge in [-0.05, 0) is 56.2 Å². The highest BCUT2D eigenvalue weighted by Crippen LogP contribution is 2.24. The minimum absolute atomic E-state index is 0.0751. The molecule has 1 atom stereocenters. The maximum absolute atomic E-state index is 8.49. The third kappa shape index (κ3) is 4.00. The van der Waals surface area contributed by atoms with Crippen LogP contribution in [0.1, 0.15) is 29.7 Å². The predicted molar refractivity (Wildman–Crippen MR) is 85.5 cm³/mol. The molecule has 21 heavy (non-hydrogen) atoms. The Kier molecular flexibility index (Phi) is 4.84. The van der Waals surface area contributed by atoms with E-state index < -0.39 is 0 Å². The van der Waals surface area contributed by atoms with Crippen LogP contribution in [-0.2, 0) is 0 Å². The molecule has 0 aliphatic carbocycles. The van der Waals surface area contributed by atoms with Crippen molar-refractivity contribution in [2.75, 3.05) is 11.9 Å². The van der Waals surface area contributed by atoms with Crippen LogP contribution < -0.4 is 10.1 Å². The Bertz CT molecular complexity index is 641. The maximum atomic E-state index is 8.49. The largest absolute Gasteiger partial charge is 0.479 e. The summed E-state index contributed by atoms with van der Waals surface area (Å²) in [5, 5.41) is 12.0. The molecule has 1 N–H and O–H groups in total. The van der Waals surface area contributed by atoms with Crippen LogP contribution in [0.15, 0.2) is 42.5 Å². The lowest BCUT2D eigenvalue weighted by molar-refractivity contribution is 0.368. The summed E-state index contributed by atoms with van der Waals surface area (Å²) in [6.45, 7) is 6.47. The Hall–Kier alpha value is -2.47. The molecule has 0 radical (unpaired) electrons. The highest BCUT2D eigenvalue weighted by Gasteiger charge is 2.08. The Morgan fingerprint density at radius 1 is 1.14 bits per heavy atom. The number of hydrogen-bond donors (Lipinski definition) is 1. The van der Waals surface area contributed by atoms with E-state index in [0.29, 0.717) is 5.75 Å². The summed E-state index contributed by atoms with van der Waals surface area (Å²) in [5.41, 5.74) is 4.89. The van der Waals surface area contributed by atoms with E-state index in [1.165, 1.54) is 16.7 Å². The Labute approximate surface area is 126 Å². The number of hydrogen-bond acceptors (Lipinski definition) is 3. The molecular formula is C18H20N2O. The van der Waals surface area contributed by atoms with Gasteiger partial charge in [-0.25, -0.2) is 0 Å². The summed E-state index contributed by atoms with van der Waals surface area (Å²) in [5.74, 6) is 0.710. The van der Waals surface area contributed by atoms with Crippen molar-refractivity contribution < 1.29 is 4.74 Å². The van der Waals surface area contributed by atoms with Gasteiger partial charge in [0.1, 0.15) is 11.8 Å². The molecule has 2 aromatic carbocycles. The smallest absolute Gasteiger partial charge is 0.174 e. The highest BCUT2D eigenvalue weighted by atomic mass is 16.5. The molecule has 3 heteroatoms. The number of benzene rings is 2. The van der Waals surface area contributed by atoms with Crippen LogP contribution in [0.25, 0.3) is 0 Å². The van der Waals surface area contributed by atoms with Gasteiger partial charge in [-0.15, -0.1) is 0 Å². The van der Waals surface area contributed by atoms with E-state index in [-0.39, 0.29) is 12.6 Å². The fourth-order valence-electron chi connectivity index (χ4n) is 2.32. The highest BCUT2D eigenvalue weighted by molar-refractivity contribution is 5.49. The van der Waals surface area contributed by atoms with Gasteiger partial charge in [0.15, 0.2) is 6.61 Å².